The van der Waals surface area contributed by atoms with Crippen LogP contribution >= 0.6 is 0 Å². The van der Waals surface area contributed by atoms with Gasteiger partial charge in [-0.3, -0.25) is 0 Å². The quantitative estimate of drug-likeness (QED) is 0.155. The Morgan fingerprint density at radius 2 is 1.46 bits per heavy atom. The van der Waals surface area contributed by atoms with Gasteiger partial charge in [-0.2, -0.15) is 0 Å². The molecule has 0 aromatic carbocycles. The highest BCUT2D eigenvalue weighted by Crippen LogP contribution is 2.71. The number of aliphatic hydroxyl groups excluding tert-OH is 9. The van der Waals surface area contributed by atoms with Gasteiger partial charge in [-0.25, -0.2) is 0 Å². The van der Waals surface area contributed by atoms with E-state index in [9.17, 15) is 46.0 Å². The molecule has 0 aromatic rings. The number of aliphatic hydroxyl groups is 9. The van der Waals surface area contributed by atoms with E-state index < -0.39 is 111 Å². The molecule has 1 spiro atoms. The first-order valence-corrected chi connectivity index (χ1v) is 22.9. The van der Waals surface area contributed by atoms with Crippen LogP contribution in [0.15, 0.2) is 11.6 Å². The lowest BCUT2D eigenvalue weighted by molar-refractivity contribution is -0.390. The van der Waals surface area contributed by atoms with Crippen LogP contribution in [0.5, 0.6) is 0 Å². The number of fused-ring (bicyclic) bond motifs is 7. The van der Waals surface area contributed by atoms with Crippen molar-refractivity contribution in [2.24, 2.45) is 46.3 Å². The molecular formula is C44H70O17. The van der Waals surface area contributed by atoms with Gasteiger partial charge in [-0.05, 0) is 92.8 Å². The molecule has 26 unspecified atom stereocenters. The van der Waals surface area contributed by atoms with Crippen molar-refractivity contribution in [1.29, 1.82) is 0 Å². The Morgan fingerprint density at radius 1 is 0.721 bits per heavy atom. The van der Waals surface area contributed by atoms with Gasteiger partial charge in [0.15, 0.2) is 30.9 Å². The second kappa shape index (κ2) is 16.7. The first-order chi connectivity index (χ1) is 28.9. The molecule has 3 saturated carbocycles. The molecule has 348 valence electrons. The first kappa shape index (κ1) is 45.2. The zero-order chi connectivity index (χ0) is 43.5. The molecular weight excluding hydrogens is 800 g/mol. The number of allylic oxidation sites excluding steroid dienone is 1. The summed E-state index contributed by atoms with van der Waals surface area (Å²) in [4.78, 5) is 0. The largest absolute Gasteiger partial charge is 0.394 e. The minimum absolute atomic E-state index is 0.0615. The number of rotatable bonds is 7. The highest BCUT2D eigenvalue weighted by atomic mass is 16.8. The number of hydrogen-bond donors (Lipinski definition) is 9. The van der Waals surface area contributed by atoms with E-state index in [1.54, 1.807) is 0 Å². The van der Waals surface area contributed by atoms with E-state index in [2.05, 4.69) is 26.8 Å². The molecule has 61 heavy (non-hydrogen) atoms. The van der Waals surface area contributed by atoms with Crippen molar-refractivity contribution in [1.82, 2.24) is 0 Å². The fourth-order valence-electron chi connectivity index (χ4n) is 13.8. The SMILES string of the molecule is CC1CCC2(OC1O)OC1CC3C4CC=C5CC(OC6OC(CO)C(O)C(OC7OCC(O)C(O)C7O)C6OC6OC(C)C(O)C(O)C6O)CCC5(C)C4CCC3(C)C1C2C. The van der Waals surface area contributed by atoms with Crippen LogP contribution in [0.3, 0.4) is 0 Å². The van der Waals surface area contributed by atoms with Crippen LogP contribution in [0.4, 0.5) is 0 Å². The fourth-order valence-corrected chi connectivity index (χ4v) is 13.8. The summed E-state index contributed by atoms with van der Waals surface area (Å²) in [7, 11) is 0. The van der Waals surface area contributed by atoms with Gasteiger partial charge in [0.25, 0.3) is 0 Å². The molecule has 4 aliphatic carbocycles. The van der Waals surface area contributed by atoms with E-state index in [0.29, 0.717) is 36.5 Å². The van der Waals surface area contributed by atoms with Gasteiger partial charge < -0.3 is 83.9 Å². The monoisotopic (exact) mass is 870 g/mol. The highest BCUT2D eigenvalue weighted by molar-refractivity contribution is 5.26. The molecule has 9 rings (SSSR count). The van der Waals surface area contributed by atoms with Crippen molar-refractivity contribution < 1.29 is 83.9 Å². The average Bonchev–Trinajstić information content (AvgIpc) is 3.68. The van der Waals surface area contributed by atoms with Crippen LogP contribution in [0, 0.1) is 46.3 Å². The Labute approximate surface area is 357 Å². The Morgan fingerprint density at radius 3 is 2.20 bits per heavy atom. The van der Waals surface area contributed by atoms with Gasteiger partial charge in [-0.1, -0.05) is 39.3 Å². The van der Waals surface area contributed by atoms with Gasteiger partial charge in [0.1, 0.15) is 61.0 Å². The molecule has 26 atom stereocenters. The molecule has 0 amide bonds. The van der Waals surface area contributed by atoms with E-state index in [0.717, 1.165) is 44.9 Å². The molecule has 0 aromatic heterocycles. The zero-order valence-corrected chi connectivity index (χ0v) is 35.9. The summed E-state index contributed by atoms with van der Waals surface area (Å²) in [6.45, 7) is 9.65. The molecule has 0 bridgehead atoms. The van der Waals surface area contributed by atoms with Crippen molar-refractivity contribution in [3.8, 4) is 0 Å². The Hall–Kier alpha value is -0.940. The van der Waals surface area contributed by atoms with E-state index >= 15 is 0 Å². The van der Waals surface area contributed by atoms with Crippen LogP contribution in [0.2, 0.25) is 0 Å². The molecule has 9 N–H and O–H groups in total. The lowest BCUT2D eigenvalue weighted by atomic mass is 9.47. The molecule has 17 heteroatoms. The maximum absolute atomic E-state index is 11.5. The van der Waals surface area contributed by atoms with Crippen LogP contribution in [-0.4, -0.2) is 169 Å². The minimum atomic E-state index is -1.73. The van der Waals surface area contributed by atoms with Crippen LogP contribution in [0.1, 0.15) is 92.4 Å². The third-order valence-electron chi connectivity index (χ3n) is 17.5. The fraction of sp³-hybridized carbons (Fsp3) is 0.955. The Bertz CT molecular complexity index is 1600. The van der Waals surface area contributed by atoms with Crippen molar-refractivity contribution in [3.05, 3.63) is 11.6 Å². The van der Waals surface area contributed by atoms with Gasteiger partial charge in [0.05, 0.1) is 31.5 Å². The molecule has 17 nitrogen and oxygen atoms in total. The summed E-state index contributed by atoms with van der Waals surface area (Å²) in [6.07, 6.45) is -11.4. The third kappa shape index (κ3) is 7.41. The topological polar surface area (TPSA) is 256 Å². The highest BCUT2D eigenvalue weighted by Gasteiger charge is 2.69. The predicted octanol–water partition coefficient (Wildman–Crippen LogP) is 0.172. The molecule has 8 fully saturated rings. The molecule has 5 aliphatic heterocycles. The van der Waals surface area contributed by atoms with Crippen molar-refractivity contribution in [3.63, 3.8) is 0 Å². The van der Waals surface area contributed by atoms with Crippen LogP contribution in [-0.2, 0) is 37.9 Å². The average molecular weight is 871 g/mol. The summed E-state index contributed by atoms with van der Waals surface area (Å²) >= 11 is 0. The van der Waals surface area contributed by atoms with Gasteiger partial charge in [0.2, 0.25) is 0 Å². The Kier molecular flexibility index (Phi) is 12.4. The standard InChI is InChI=1S/C44H70O17/c1-18-8-13-44(61-38(18)53)19(2)29-27(60-44)15-25-23-7-6-21-14-22(9-11-42(21,4)24(23)10-12-43(25,29)5)56-41-37(59-40-35(52)33(50)30(47)20(3)55-40)36(32(49)28(16-45)57-41)58-39-34(51)31(48)26(46)17-54-39/h6,18-20,22-41,45-53H,7-17H2,1-5H3. The minimum Gasteiger partial charge on any atom is -0.394 e. The summed E-state index contributed by atoms with van der Waals surface area (Å²) in [6, 6.07) is 0. The maximum Gasteiger partial charge on any atom is 0.187 e. The third-order valence-corrected chi connectivity index (χ3v) is 17.5. The molecule has 5 heterocycles. The van der Waals surface area contributed by atoms with Gasteiger partial charge >= 0.3 is 0 Å². The normalized spacial score (nSPS) is 58.4. The first-order valence-electron chi connectivity index (χ1n) is 22.9. The van der Waals surface area contributed by atoms with Crippen molar-refractivity contribution in [2.45, 2.75) is 203 Å². The molecule has 5 saturated heterocycles. The van der Waals surface area contributed by atoms with Gasteiger partial charge in [0, 0.05) is 18.3 Å². The summed E-state index contributed by atoms with van der Waals surface area (Å²) in [5.74, 6) is 1.40. The lowest BCUT2D eigenvalue weighted by Gasteiger charge is -2.59. The Balaban J connectivity index is 0.931. The second-order valence-corrected chi connectivity index (χ2v) is 20.7. The van der Waals surface area contributed by atoms with Crippen LogP contribution in [0.25, 0.3) is 0 Å². The van der Waals surface area contributed by atoms with E-state index in [-0.39, 0.29) is 35.4 Å². The second-order valence-electron chi connectivity index (χ2n) is 20.7. The van der Waals surface area contributed by atoms with E-state index in [4.69, 9.17) is 37.9 Å². The van der Waals surface area contributed by atoms with Crippen LogP contribution < -0.4 is 0 Å². The van der Waals surface area contributed by atoms with Gasteiger partial charge in [-0.15, -0.1) is 0 Å². The zero-order valence-electron chi connectivity index (χ0n) is 35.9. The predicted molar refractivity (Wildman–Crippen MR) is 209 cm³/mol. The summed E-state index contributed by atoms with van der Waals surface area (Å²) in [5.41, 5.74) is 1.36. The van der Waals surface area contributed by atoms with E-state index in [1.165, 1.54) is 12.5 Å². The summed E-state index contributed by atoms with van der Waals surface area (Å²) in [5, 5.41) is 95.8. The summed E-state index contributed by atoms with van der Waals surface area (Å²) < 4.78 is 49.8. The van der Waals surface area contributed by atoms with Crippen molar-refractivity contribution >= 4 is 0 Å². The molecule has 9 aliphatic rings. The lowest BCUT2D eigenvalue weighted by Crippen LogP contribution is -2.66. The number of ether oxygens (including phenoxy) is 8. The van der Waals surface area contributed by atoms with E-state index in [1.807, 2.05) is 6.92 Å². The molecule has 0 radical (unpaired) electrons. The van der Waals surface area contributed by atoms with Crippen molar-refractivity contribution in [2.75, 3.05) is 13.2 Å². The smallest absolute Gasteiger partial charge is 0.187 e. The maximum atomic E-state index is 11.5. The number of hydrogen-bond acceptors (Lipinski definition) is 17.